The van der Waals surface area contributed by atoms with Gasteiger partial charge in [-0.3, -0.25) is 0 Å². The van der Waals surface area contributed by atoms with Crippen LogP contribution in [-0.2, 0) is 6.42 Å². The molecule has 1 atom stereocenters. The van der Waals surface area contributed by atoms with Crippen LogP contribution >= 0.6 is 11.6 Å². The van der Waals surface area contributed by atoms with E-state index >= 15 is 0 Å². The van der Waals surface area contributed by atoms with Crippen molar-refractivity contribution in [1.82, 2.24) is 0 Å². The Morgan fingerprint density at radius 1 is 1.10 bits per heavy atom. The molecular weight excluding hydrogens is 279 g/mol. The third-order valence-corrected chi connectivity index (χ3v) is 3.47. The molecule has 1 unspecified atom stereocenters. The van der Waals surface area contributed by atoms with Crippen molar-refractivity contribution in [3.05, 3.63) is 59.4 Å². The van der Waals surface area contributed by atoms with Crippen LogP contribution in [-0.4, -0.2) is 14.2 Å². The molecule has 0 spiro atoms. The van der Waals surface area contributed by atoms with E-state index in [1.165, 1.54) is 12.1 Å². The van der Waals surface area contributed by atoms with Crippen molar-refractivity contribution in [2.75, 3.05) is 14.2 Å². The Morgan fingerprint density at radius 3 is 2.55 bits per heavy atom. The molecule has 2 rings (SSSR count). The summed E-state index contributed by atoms with van der Waals surface area (Å²) in [5, 5.41) is -0.318. The molecule has 0 aliphatic carbocycles. The fourth-order valence-electron chi connectivity index (χ4n) is 2.07. The standard InChI is InChI=1S/C16H16ClFO2/c1-19-13-6-7-16(20-2)14(10-13)15(17)9-11-4-3-5-12(18)8-11/h3-8,10,15H,9H2,1-2H3. The third-order valence-electron chi connectivity index (χ3n) is 3.08. The van der Waals surface area contributed by atoms with Gasteiger partial charge in [0.05, 0.1) is 19.6 Å². The van der Waals surface area contributed by atoms with Crippen molar-refractivity contribution in [1.29, 1.82) is 0 Å². The van der Waals surface area contributed by atoms with Gasteiger partial charge in [0.15, 0.2) is 0 Å². The van der Waals surface area contributed by atoms with E-state index < -0.39 is 0 Å². The molecule has 0 amide bonds. The first-order valence-corrected chi connectivity index (χ1v) is 6.68. The van der Waals surface area contributed by atoms with Crippen molar-refractivity contribution in [2.45, 2.75) is 11.8 Å². The topological polar surface area (TPSA) is 18.5 Å². The van der Waals surface area contributed by atoms with Crippen LogP contribution in [0.15, 0.2) is 42.5 Å². The molecule has 2 aromatic rings. The fourth-order valence-corrected chi connectivity index (χ4v) is 2.41. The molecular formula is C16H16ClFO2. The second kappa shape index (κ2) is 6.62. The van der Waals surface area contributed by atoms with E-state index in [2.05, 4.69) is 0 Å². The molecule has 4 heteroatoms. The Morgan fingerprint density at radius 2 is 1.90 bits per heavy atom. The summed E-state index contributed by atoms with van der Waals surface area (Å²) in [7, 11) is 3.19. The zero-order valence-electron chi connectivity index (χ0n) is 11.4. The number of rotatable bonds is 5. The van der Waals surface area contributed by atoms with Crippen LogP contribution in [0.1, 0.15) is 16.5 Å². The maximum absolute atomic E-state index is 13.2. The van der Waals surface area contributed by atoms with Crippen LogP contribution in [0.2, 0.25) is 0 Å². The summed E-state index contributed by atoms with van der Waals surface area (Å²) in [5.41, 5.74) is 1.67. The van der Waals surface area contributed by atoms with E-state index in [0.29, 0.717) is 17.9 Å². The molecule has 20 heavy (non-hydrogen) atoms. The lowest BCUT2D eigenvalue weighted by Crippen LogP contribution is -2.00. The van der Waals surface area contributed by atoms with E-state index in [9.17, 15) is 4.39 Å². The molecule has 0 fully saturated rings. The van der Waals surface area contributed by atoms with Gasteiger partial charge in [0, 0.05) is 5.56 Å². The van der Waals surface area contributed by atoms with Crippen LogP contribution in [0.5, 0.6) is 11.5 Å². The van der Waals surface area contributed by atoms with Gasteiger partial charge in [-0.05, 0) is 42.3 Å². The summed E-state index contributed by atoms with van der Waals surface area (Å²) in [6, 6.07) is 11.9. The van der Waals surface area contributed by atoms with E-state index in [1.54, 1.807) is 20.3 Å². The summed E-state index contributed by atoms with van der Waals surface area (Å²) in [6.45, 7) is 0. The predicted molar refractivity (Wildman–Crippen MR) is 78.2 cm³/mol. The van der Waals surface area contributed by atoms with Crippen molar-refractivity contribution in [3.8, 4) is 11.5 Å². The largest absolute Gasteiger partial charge is 0.497 e. The number of halogens is 2. The van der Waals surface area contributed by atoms with Gasteiger partial charge in [0.25, 0.3) is 0 Å². The molecule has 2 aromatic carbocycles. The minimum Gasteiger partial charge on any atom is -0.497 e. The van der Waals surface area contributed by atoms with Crippen molar-refractivity contribution < 1.29 is 13.9 Å². The zero-order valence-corrected chi connectivity index (χ0v) is 12.2. The average molecular weight is 295 g/mol. The van der Waals surface area contributed by atoms with Gasteiger partial charge >= 0.3 is 0 Å². The van der Waals surface area contributed by atoms with Gasteiger partial charge in [0.1, 0.15) is 17.3 Å². The van der Waals surface area contributed by atoms with Crippen molar-refractivity contribution in [2.24, 2.45) is 0 Å². The second-order valence-electron chi connectivity index (χ2n) is 4.41. The normalized spacial score (nSPS) is 12.0. The molecule has 2 nitrogen and oxygen atoms in total. The van der Waals surface area contributed by atoms with Crippen LogP contribution in [0, 0.1) is 5.82 Å². The van der Waals surface area contributed by atoms with Crippen molar-refractivity contribution in [3.63, 3.8) is 0 Å². The van der Waals surface area contributed by atoms with Crippen LogP contribution in [0.3, 0.4) is 0 Å². The lowest BCUT2D eigenvalue weighted by molar-refractivity contribution is 0.398. The highest BCUT2D eigenvalue weighted by molar-refractivity contribution is 6.21. The zero-order chi connectivity index (χ0) is 14.5. The molecule has 0 bridgehead atoms. The van der Waals surface area contributed by atoms with E-state index in [0.717, 1.165) is 11.1 Å². The Kier molecular flexibility index (Phi) is 4.85. The average Bonchev–Trinajstić information content (AvgIpc) is 2.46. The summed E-state index contributed by atoms with van der Waals surface area (Å²) in [5.74, 6) is 1.15. The fraction of sp³-hybridized carbons (Fsp3) is 0.250. The van der Waals surface area contributed by atoms with Gasteiger partial charge in [-0.2, -0.15) is 0 Å². The van der Waals surface area contributed by atoms with Gasteiger partial charge in [-0.1, -0.05) is 12.1 Å². The molecule has 0 aliphatic rings. The van der Waals surface area contributed by atoms with Gasteiger partial charge in [-0.15, -0.1) is 11.6 Å². The minimum absolute atomic E-state index is 0.260. The first-order valence-electron chi connectivity index (χ1n) is 6.24. The molecule has 0 radical (unpaired) electrons. The molecule has 0 heterocycles. The Balaban J connectivity index is 2.25. The maximum Gasteiger partial charge on any atom is 0.123 e. The number of benzene rings is 2. The molecule has 106 valence electrons. The molecule has 0 aromatic heterocycles. The summed E-state index contributed by atoms with van der Waals surface area (Å²) in [4.78, 5) is 0. The first kappa shape index (κ1) is 14.7. The van der Waals surface area contributed by atoms with E-state index in [4.69, 9.17) is 21.1 Å². The molecule has 0 aliphatic heterocycles. The lowest BCUT2D eigenvalue weighted by atomic mass is 10.0. The van der Waals surface area contributed by atoms with Crippen LogP contribution in [0.4, 0.5) is 4.39 Å². The molecule has 0 saturated heterocycles. The Hall–Kier alpha value is -1.74. The van der Waals surface area contributed by atoms with E-state index in [-0.39, 0.29) is 11.2 Å². The quantitative estimate of drug-likeness (QED) is 0.763. The molecule has 0 saturated carbocycles. The number of methoxy groups -OCH3 is 2. The van der Waals surface area contributed by atoms with Gasteiger partial charge in [0.2, 0.25) is 0 Å². The number of hydrogen-bond donors (Lipinski definition) is 0. The Labute approximate surface area is 123 Å². The van der Waals surface area contributed by atoms with Gasteiger partial charge in [-0.25, -0.2) is 4.39 Å². The summed E-state index contributed by atoms with van der Waals surface area (Å²) in [6.07, 6.45) is 0.517. The monoisotopic (exact) mass is 294 g/mol. The number of alkyl halides is 1. The lowest BCUT2D eigenvalue weighted by Gasteiger charge is -2.15. The van der Waals surface area contributed by atoms with Crippen LogP contribution in [0.25, 0.3) is 0 Å². The molecule has 0 N–H and O–H groups in total. The summed E-state index contributed by atoms with van der Waals surface area (Å²) >= 11 is 6.45. The first-order chi connectivity index (χ1) is 9.63. The maximum atomic E-state index is 13.2. The Bertz CT molecular complexity index is 586. The highest BCUT2D eigenvalue weighted by Gasteiger charge is 2.15. The second-order valence-corrected chi connectivity index (χ2v) is 4.94. The number of ether oxygens (including phenoxy) is 2. The van der Waals surface area contributed by atoms with E-state index in [1.807, 2.05) is 24.3 Å². The smallest absolute Gasteiger partial charge is 0.123 e. The number of hydrogen-bond acceptors (Lipinski definition) is 2. The van der Waals surface area contributed by atoms with Crippen LogP contribution < -0.4 is 9.47 Å². The summed E-state index contributed by atoms with van der Waals surface area (Å²) < 4.78 is 23.7. The highest BCUT2D eigenvalue weighted by atomic mass is 35.5. The third kappa shape index (κ3) is 3.42. The predicted octanol–water partition coefficient (Wildman–Crippen LogP) is 4.37. The highest BCUT2D eigenvalue weighted by Crippen LogP contribution is 2.35. The van der Waals surface area contributed by atoms with Gasteiger partial charge < -0.3 is 9.47 Å². The van der Waals surface area contributed by atoms with Crippen molar-refractivity contribution >= 4 is 11.6 Å². The SMILES string of the molecule is COc1ccc(OC)c(C(Cl)Cc2cccc(F)c2)c1. The minimum atomic E-state index is -0.318.